The zero-order valence-corrected chi connectivity index (χ0v) is 15.4. The van der Waals surface area contributed by atoms with Crippen molar-refractivity contribution in [2.75, 3.05) is 31.1 Å². The van der Waals surface area contributed by atoms with Crippen LogP contribution in [0.15, 0.2) is 42.5 Å². The third-order valence-electron chi connectivity index (χ3n) is 4.04. The fourth-order valence-electron chi connectivity index (χ4n) is 2.62. The van der Waals surface area contributed by atoms with Gasteiger partial charge in [-0.3, -0.25) is 9.59 Å². The average Bonchev–Trinajstić information content (AvgIpc) is 2.63. The van der Waals surface area contributed by atoms with Gasteiger partial charge in [-0.2, -0.15) is 0 Å². The Kier molecular flexibility index (Phi) is 7.28. The molecule has 0 aliphatic heterocycles. The number of likely N-dealkylation sites (N-methyl/N-ethyl adjacent to an activating group) is 1. The van der Waals surface area contributed by atoms with Gasteiger partial charge >= 0.3 is 0 Å². The minimum absolute atomic E-state index is 0.285. The first-order valence-corrected chi connectivity index (χ1v) is 8.72. The van der Waals surface area contributed by atoms with Crippen molar-refractivity contribution in [1.82, 2.24) is 10.6 Å². The summed E-state index contributed by atoms with van der Waals surface area (Å²) >= 11 is 0. The predicted octanol–water partition coefficient (Wildman–Crippen LogP) is 2.65. The van der Waals surface area contributed by atoms with E-state index in [1.807, 2.05) is 32.0 Å². The molecule has 0 bridgehead atoms. The van der Waals surface area contributed by atoms with E-state index in [1.165, 1.54) is 0 Å². The Hall–Kier alpha value is -2.96. The van der Waals surface area contributed by atoms with E-state index in [4.69, 9.17) is 0 Å². The molecule has 0 radical (unpaired) electrons. The van der Waals surface area contributed by atoms with Gasteiger partial charge in [-0.15, -0.1) is 0 Å². The zero-order valence-electron chi connectivity index (χ0n) is 15.4. The fraction of sp³-hybridized carbons (Fsp3) is 0.300. The van der Waals surface area contributed by atoms with Crippen LogP contribution < -0.4 is 15.5 Å². The fourth-order valence-corrected chi connectivity index (χ4v) is 2.62. The number of carbonyl (C=O) groups is 2. The SMILES string of the molecule is CCN(CCNC(=O)CNC(=O)c1ccc(F)cc1F)c1cccc(C)c1. The van der Waals surface area contributed by atoms with E-state index >= 15 is 0 Å². The Morgan fingerprint density at radius 3 is 2.52 bits per heavy atom. The zero-order chi connectivity index (χ0) is 19.8. The van der Waals surface area contributed by atoms with Crippen molar-refractivity contribution in [2.45, 2.75) is 13.8 Å². The van der Waals surface area contributed by atoms with Gasteiger partial charge in [0.05, 0.1) is 12.1 Å². The molecule has 0 aromatic heterocycles. The smallest absolute Gasteiger partial charge is 0.254 e. The number of aryl methyl sites for hydroxylation is 1. The molecule has 0 aliphatic carbocycles. The maximum Gasteiger partial charge on any atom is 0.254 e. The quantitative estimate of drug-likeness (QED) is 0.746. The maximum atomic E-state index is 13.5. The summed E-state index contributed by atoms with van der Waals surface area (Å²) in [6.45, 7) is 5.58. The minimum atomic E-state index is -0.968. The number of hydrogen-bond acceptors (Lipinski definition) is 3. The number of carbonyl (C=O) groups excluding carboxylic acids is 2. The number of nitrogens with zero attached hydrogens (tertiary/aromatic N) is 1. The molecular weight excluding hydrogens is 352 g/mol. The number of amides is 2. The van der Waals surface area contributed by atoms with E-state index < -0.39 is 17.5 Å². The van der Waals surface area contributed by atoms with Crippen LogP contribution in [0.1, 0.15) is 22.8 Å². The lowest BCUT2D eigenvalue weighted by molar-refractivity contribution is -0.120. The first-order chi connectivity index (χ1) is 12.9. The molecule has 2 N–H and O–H groups in total. The normalized spacial score (nSPS) is 10.4. The molecule has 5 nitrogen and oxygen atoms in total. The van der Waals surface area contributed by atoms with E-state index in [0.717, 1.165) is 29.9 Å². The summed E-state index contributed by atoms with van der Waals surface area (Å²) < 4.78 is 26.4. The van der Waals surface area contributed by atoms with Crippen molar-refractivity contribution >= 4 is 17.5 Å². The van der Waals surface area contributed by atoms with Gasteiger partial charge < -0.3 is 15.5 Å². The molecule has 0 atom stereocenters. The molecule has 2 aromatic carbocycles. The molecule has 0 fully saturated rings. The second kappa shape index (κ2) is 9.66. The van der Waals surface area contributed by atoms with Gasteiger partial charge in [0.25, 0.3) is 5.91 Å². The lowest BCUT2D eigenvalue weighted by Crippen LogP contribution is -2.40. The van der Waals surface area contributed by atoms with Crippen LogP contribution >= 0.6 is 0 Å². The lowest BCUT2D eigenvalue weighted by atomic mass is 10.2. The Labute approximate surface area is 157 Å². The highest BCUT2D eigenvalue weighted by Crippen LogP contribution is 2.15. The number of rotatable bonds is 8. The Balaban J connectivity index is 1.78. The van der Waals surface area contributed by atoms with Gasteiger partial charge in [0, 0.05) is 31.4 Å². The summed E-state index contributed by atoms with van der Waals surface area (Å²) in [4.78, 5) is 25.9. The van der Waals surface area contributed by atoms with E-state index in [0.29, 0.717) is 19.2 Å². The van der Waals surface area contributed by atoms with E-state index in [2.05, 4.69) is 21.6 Å². The van der Waals surface area contributed by atoms with E-state index in [-0.39, 0.29) is 18.0 Å². The van der Waals surface area contributed by atoms with Crippen molar-refractivity contribution in [2.24, 2.45) is 0 Å². The summed E-state index contributed by atoms with van der Waals surface area (Å²) in [6, 6.07) is 10.7. The average molecular weight is 375 g/mol. The van der Waals surface area contributed by atoms with Crippen molar-refractivity contribution in [1.29, 1.82) is 0 Å². The maximum absolute atomic E-state index is 13.5. The van der Waals surface area contributed by atoms with Gasteiger partial charge in [-0.1, -0.05) is 12.1 Å². The number of halogens is 2. The van der Waals surface area contributed by atoms with Crippen molar-refractivity contribution in [3.8, 4) is 0 Å². The molecule has 0 saturated heterocycles. The molecular formula is C20H23F2N3O2. The molecule has 27 heavy (non-hydrogen) atoms. The summed E-state index contributed by atoms with van der Waals surface area (Å²) in [5, 5.41) is 5.04. The van der Waals surface area contributed by atoms with Gasteiger partial charge in [0.1, 0.15) is 11.6 Å². The molecule has 2 rings (SSSR count). The van der Waals surface area contributed by atoms with E-state index in [9.17, 15) is 18.4 Å². The van der Waals surface area contributed by atoms with Gasteiger partial charge in [-0.05, 0) is 43.7 Å². The monoisotopic (exact) mass is 375 g/mol. The second-order valence-corrected chi connectivity index (χ2v) is 6.08. The lowest BCUT2D eigenvalue weighted by Gasteiger charge is -2.23. The van der Waals surface area contributed by atoms with Crippen molar-refractivity contribution in [3.05, 3.63) is 65.2 Å². The Bertz CT molecular complexity index is 812. The molecule has 2 amide bonds. The highest BCUT2D eigenvalue weighted by molar-refractivity contribution is 5.96. The van der Waals surface area contributed by atoms with Crippen molar-refractivity contribution in [3.63, 3.8) is 0 Å². The Morgan fingerprint density at radius 2 is 1.85 bits per heavy atom. The van der Waals surface area contributed by atoms with Crippen LogP contribution in [0.2, 0.25) is 0 Å². The van der Waals surface area contributed by atoms with Crippen LogP contribution in [-0.4, -0.2) is 38.0 Å². The molecule has 0 saturated carbocycles. The molecule has 144 valence electrons. The van der Waals surface area contributed by atoms with Crippen molar-refractivity contribution < 1.29 is 18.4 Å². The minimum Gasteiger partial charge on any atom is -0.370 e. The predicted molar refractivity (Wildman–Crippen MR) is 101 cm³/mol. The van der Waals surface area contributed by atoms with Crippen LogP contribution in [0, 0.1) is 18.6 Å². The number of anilines is 1. The number of hydrogen-bond donors (Lipinski definition) is 2. The first kappa shape index (κ1) is 20.4. The standard InChI is InChI=1S/C20H23F2N3O2/c1-3-25(16-6-4-5-14(2)11-16)10-9-23-19(26)13-24-20(27)17-8-7-15(21)12-18(17)22/h4-8,11-12H,3,9-10,13H2,1-2H3,(H,23,26)(H,24,27). The highest BCUT2D eigenvalue weighted by atomic mass is 19.1. The molecule has 0 heterocycles. The van der Waals surface area contributed by atoms with Crippen LogP contribution in [0.4, 0.5) is 14.5 Å². The van der Waals surface area contributed by atoms with Crippen LogP contribution in [0.25, 0.3) is 0 Å². The van der Waals surface area contributed by atoms with Gasteiger partial charge in [0.2, 0.25) is 5.91 Å². The van der Waals surface area contributed by atoms with Gasteiger partial charge in [0.15, 0.2) is 0 Å². The number of benzene rings is 2. The van der Waals surface area contributed by atoms with E-state index in [1.54, 1.807) is 0 Å². The highest BCUT2D eigenvalue weighted by Gasteiger charge is 2.13. The molecule has 0 spiro atoms. The summed E-state index contributed by atoms with van der Waals surface area (Å²) in [7, 11) is 0. The molecule has 7 heteroatoms. The largest absolute Gasteiger partial charge is 0.370 e. The van der Waals surface area contributed by atoms with Crippen LogP contribution in [0.3, 0.4) is 0 Å². The summed E-state index contributed by atoms with van der Waals surface area (Å²) in [5.74, 6) is -2.88. The molecule has 0 unspecified atom stereocenters. The van der Waals surface area contributed by atoms with Crippen LogP contribution in [-0.2, 0) is 4.79 Å². The van der Waals surface area contributed by atoms with Gasteiger partial charge in [-0.25, -0.2) is 8.78 Å². The Morgan fingerprint density at radius 1 is 1.07 bits per heavy atom. The molecule has 2 aromatic rings. The third-order valence-corrected chi connectivity index (χ3v) is 4.04. The summed E-state index contributed by atoms with van der Waals surface area (Å²) in [5.41, 5.74) is 1.93. The van der Waals surface area contributed by atoms with Crippen LogP contribution in [0.5, 0.6) is 0 Å². The number of nitrogens with one attached hydrogen (secondary N) is 2. The topological polar surface area (TPSA) is 61.4 Å². The summed E-state index contributed by atoms with van der Waals surface area (Å²) in [6.07, 6.45) is 0. The second-order valence-electron chi connectivity index (χ2n) is 6.08. The first-order valence-electron chi connectivity index (χ1n) is 8.72. The third kappa shape index (κ3) is 6.06. The molecule has 0 aliphatic rings.